The van der Waals surface area contributed by atoms with Gasteiger partial charge in [0.05, 0.1) is 0 Å². The molecule has 0 bridgehead atoms. The van der Waals surface area contributed by atoms with Crippen LogP contribution in [0.3, 0.4) is 0 Å². The maximum atomic E-state index is 11.0. The second-order valence-electron chi connectivity index (χ2n) is 6.01. The van der Waals surface area contributed by atoms with Gasteiger partial charge in [0, 0.05) is 5.56 Å². The highest BCUT2D eigenvalue weighted by Crippen LogP contribution is 2.29. The maximum absolute atomic E-state index is 11.0. The summed E-state index contributed by atoms with van der Waals surface area (Å²) >= 11 is 0. The van der Waals surface area contributed by atoms with E-state index in [4.69, 9.17) is 9.52 Å². The molecule has 2 aromatic rings. The van der Waals surface area contributed by atoms with Gasteiger partial charge in [0.25, 0.3) is 0 Å². The molecule has 106 valence electrons. The summed E-state index contributed by atoms with van der Waals surface area (Å²) in [6.07, 6.45) is 0. The molecule has 0 spiro atoms. The summed E-state index contributed by atoms with van der Waals surface area (Å²) in [6, 6.07) is 6.06. The van der Waals surface area contributed by atoms with Gasteiger partial charge < -0.3 is 9.52 Å². The van der Waals surface area contributed by atoms with E-state index in [1.807, 2.05) is 19.1 Å². The van der Waals surface area contributed by atoms with Crippen molar-refractivity contribution in [2.75, 3.05) is 0 Å². The largest absolute Gasteiger partial charge is 0.476 e. The third kappa shape index (κ3) is 2.59. The van der Waals surface area contributed by atoms with Gasteiger partial charge in [-0.15, -0.1) is 0 Å². The number of benzene rings is 1. The van der Waals surface area contributed by atoms with Crippen molar-refractivity contribution in [3.05, 3.63) is 40.8 Å². The molecule has 1 heterocycles. The first-order valence-electron chi connectivity index (χ1n) is 6.52. The lowest BCUT2D eigenvalue weighted by molar-refractivity contribution is 0.0689. The first-order chi connectivity index (χ1) is 9.20. The first-order valence-corrected chi connectivity index (χ1v) is 6.52. The third-order valence-electron chi connectivity index (χ3n) is 3.32. The number of hydrogen-bond donors (Lipinski definition) is 1. The Morgan fingerprint density at radius 1 is 1.25 bits per heavy atom. The van der Waals surface area contributed by atoms with Crippen LogP contribution in [0.4, 0.5) is 0 Å². The number of aromatic carboxylic acids is 1. The van der Waals surface area contributed by atoms with Crippen LogP contribution in [-0.4, -0.2) is 16.1 Å². The zero-order valence-electron chi connectivity index (χ0n) is 12.4. The van der Waals surface area contributed by atoms with Crippen LogP contribution in [0, 0.1) is 13.8 Å². The van der Waals surface area contributed by atoms with Crippen molar-refractivity contribution >= 4 is 5.97 Å². The lowest BCUT2D eigenvalue weighted by Gasteiger charge is -2.20. The summed E-state index contributed by atoms with van der Waals surface area (Å²) < 4.78 is 5.48. The average Bonchev–Trinajstić information content (AvgIpc) is 2.69. The van der Waals surface area contributed by atoms with E-state index in [1.165, 1.54) is 5.56 Å². The Bertz CT molecular complexity index is 663. The number of carboxylic acids is 1. The van der Waals surface area contributed by atoms with E-state index in [2.05, 4.69) is 31.8 Å². The number of nitrogens with zero attached hydrogens (tertiary/aromatic N) is 1. The smallest absolute Gasteiger partial charge is 0.358 e. The normalized spacial score (nSPS) is 11.7. The molecule has 4 heteroatoms. The summed E-state index contributed by atoms with van der Waals surface area (Å²) in [5, 5.41) is 9.02. The number of oxazole rings is 1. The number of aryl methyl sites for hydroxylation is 2. The summed E-state index contributed by atoms with van der Waals surface area (Å²) in [5.74, 6) is -0.383. The van der Waals surface area contributed by atoms with E-state index in [-0.39, 0.29) is 11.1 Å². The van der Waals surface area contributed by atoms with Crippen LogP contribution in [0.15, 0.2) is 22.6 Å². The number of aromatic nitrogens is 1. The van der Waals surface area contributed by atoms with Gasteiger partial charge >= 0.3 is 5.97 Å². The lowest BCUT2D eigenvalue weighted by atomic mass is 9.85. The summed E-state index contributed by atoms with van der Waals surface area (Å²) in [7, 11) is 0. The molecule has 0 aliphatic heterocycles. The molecule has 0 radical (unpaired) electrons. The van der Waals surface area contributed by atoms with Crippen molar-refractivity contribution < 1.29 is 14.3 Å². The Labute approximate surface area is 118 Å². The monoisotopic (exact) mass is 273 g/mol. The summed E-state index contributed by atoms with van der Waals surface area (Å²) in [4.78, 5) is 15.1. The van der Waals surface area contributed by atoms with E-state index in [0.29, 0.717) is 11.7 Å². The predicted molar refractivity (Wildman–Crippen MR) is 77.1 cm³/mol. The Morgan fingerprint density at radius 2 is 1.90 bits per heavy atom. The van der Waals surface area contributed by atoms with Crippen molar-refractivity contribution in [1.82, 2.24) is 4.98 Å². The van der Waals surface area contributed by atoms with Gasteiger partial charge in [-0.1, -0.05) is 32.9 Å². The molecule has 4 nitrogen and oxygen atoms in total. The van der Waals surface area contributed by atoms with E-state index in [0.717, 1.165) is 11.1 Å². The van der Waals surface area contributed by atoms with Crippen molar-refractivity contribution in [1.29, 1.82) is 0 Å². The molecule has 1 N–H and O–H groups in total. The lowest BCUT2D eigenvalue weighted by Crippen LogP contribution is -2.11. The minimum absolute atomic E-state index is 0.0284. The fraction of sp³-hybridized carbons (Fsp3) is 0.375. The number of rotatable bonds is 2. The standard InChI is InChI=1S/C16H19NO3/c1-9-8-11(16(3,4)5)6-7-12(9)14-17-13(15(18)19)10(2)20-14/h6-8H,1-5H3,(H,18,19). The quantitative estimate of drug-likeness (QED) is 0.899. The number of carboxylic acid groups (broad SMARTS) is 1. The molecule has 0 amide bonds. The van der Waals surface area contributed by atoms with Gasteiger partial charge in [0.1, 0.15) is 5.76 Å². The van der Waals surface area contributed by atoms with Gasteiger partial charge in [-0.3, -0.25) is 0 Å². The average molecular weight is 273 g/mol. The van der Waals surface area contributed by atoms with Crippen molar-refractivity contribution in [3.63, 3.8) is 0 Å². The van der Waals surface area contributed by atoms with E-state index < -0.39 is 5.97 Å². The highest BCUT2D eigenvalue weighted by Gasteiger charge is 2.20. The molecule has 1 aromatic carbocycles. The second kappa shape index (κ2) is 4.78. The van der Waals surface area contributed by atoms with Crippen LogP contribution in [0.2, 0.25) is 0 Å². The van der Waals surface area contributed by atoms with Crippen molar-refractivity contribution in [3.8, 4) is 11.5 Å². The summed E-state index contributed by atoms with van der Waals surface area (Å²) in [6.45, 7) is 10.0. The van der Waals surface area contributed by atoms with Gasteiger partial charge in [0.2, 0.25) is 5.89 Å². The number of carbonyl (C=O) groups is 1. The topological polar surface area (TPSA) is 63.3 Å². The Morgan fingerprint density at radius 3 is 2.35 bits per heavy atom. The Kier molecular flexibility index (Phi) is 3.42. The highest BCUT2D eigenvalue weighted by atomic mass is 16.4. The molecule has 0 fully saturated rings. The second-order valence-corrected chi connectivity index (χ2v) is 6.01. The summed E-state index contributed by atoms with van der Waals surface area (Å²) in [5.41, 5.74) is 3.12. The maximum Gasteiger partial charge on any atom is 0.358 e. The van der Waals surface area contributed by atoms with E-state index in [9.17, 15) is 4.79 Å². The van der Waals surface area contributed by atoms with Crippen LogP contribution >= 0.6 is 0 Å². The molecule has 0 atom stereocenters. The molecule has 0 aliphatic rings. The van der Waals surface area contributed by atoms with Gasteiger partial charge in [-0.2, -0.15) is 0 Å². The van der Waals surface area contributed by atoms with Gasteiger partial charge in [-0.25, -0.2) is 9.78 Å². The van der Waals surface area contributed by atoms with Crippen LogP contribution in [-0.2, 0) is 5.41 Å². The molecule has 0 unspecified atom stereocenters. The van der Waals surface area contributed by atoms with Gasteiger partial charge in [0.15, 0.2) is 5.69 Å². The fourth-order valence-electron chi connectivity index (χ4n) is 2.08. The molecular formula is C16H19NO3. The van der Waals surface area contributed by atoms with Crippen LogP contribution in [0.25, 0.3) is 11.5 Å². The van der Waals surface area contributed by atoms with Crippen LogP contribution < -0.4 is 0 Å². The highest BCUT2D eigenvalue weighted by molar-refractivity contribution is 5.87. The van der Waals surface area contributed by atoms with Crippen LogP contribution in [0.5, 0.6) is 0 Å². The molecule has 20 heavy (non-hydrogen) atoms. The molecule has 0 aliphatic carbocycles. The minimum Gasteiger partial charge on any atom is -0.476 e. The molecule has 2 rings (SSSR count). The molecule has 0 saturated carbocycles. The van der Waals surface area contributed by atoms with Gasteiger partial charge in [-0.05, 0) is 36.5 Å². The molecule has 0 saturated heterocycles. The number of hydrogen-bond acceptors (Lipinski definition) is 3. The fourth-order valence-corrected chi connectivity index (χ4v) is 2.08. The molecular weight excluding hydrogens is 254 g/mol. The zero-order chi connectivity index (χ0) is 15.1. The van der Waals surface area contributed by atoms with Crippen molar-refractivity contribution in [2.24, 2.45) is 0 Å². The molecule has 1 aromatic heterocycles. The van der Waals surface area contributed by atoms with Crippen LogP contribution in [0.1, 0.15) is 48.1 Å². The Hall–Kier alpha value is -2.10. The zero-order valence-corrected chi connectivity index (χ0v) is 12.4. The third-order valence-corrected chi connectivity index (χ3v) is 3.32. The predicted octanol–water partition coefficient (Wildman–Crippen LogP) is 3.95. The Balaban J connectivity index is 2.49. The SMILES string of the molecule is Cc1cc(C(C)(C)C)ccc1-c1nc(C(=O)O)c(C)o1. The first kappa shape index (κ1) is 14.3. The van der Waals surface area contributed by atoms with E-state index in [1.54, 1.807) is 6.92 Å². The van der Waals surface area contributed by atoms with Crippen molar-refractivity contribution in [2.45, 2.75) is 40.0 Å². The van der Waals surface area contributed by atoms with E-state index >= 15 is 0 Å². The minimum atomic E-state index is -1.07.